The molecular formula is C14H16N2O2. The second-order valence-corrected chi connectivity index (χ2v) is 4.90. The van der Waals surface area contributed by atoms with Gasteiger partial charge in [-0.15, -0.1) is 0 Å². The van der Waals surface area contributed by atoms with Gasteiger partial charge < -0.3 is 0 Å². The second-order valence-electron chi connectivity index (χ2n) is 4.90. The van der Waals surface area contributed by atoms with Crippen molar-refractivity contribution in [1.29, 1.82) is 0 Å². The van der Waals surface area contributed by atoms with Crippen LogP contribution in [0.4, 0.5) is 5.69 Å². The predicted octanol–water partition coefficient (Wildman–Crippen LogP) is 1.66. The highest BCUT2D eigenvalue weighted by atomic mass is 16.2. The van der Waals surface area contributed by atoms with Gasteiger partial charge in [-0.25, -0.2) is 0 Å². The molecule has 1 unspecified atom stereocenters. The van der Waals surface area contributed by atoms with Gasteiger partial charge >= 0.3 is 5.91 Å². The van der Waals surface area contributed by atoms with Crippen LogP contribution in [-0.2, 0) is 4.79 Å². The molecule has 4 nitrogen and oxygen atoms in total. The highest BCUT2D eigenvalue weighted by molar-refractivity contribution is 6.52. The molecule has 0 radical (unpaired) electrons. The van der Waals surface area contributed by atoms with Gasteiger partial charge in [0.25, 0.3) is 5.78 Å². The molecular weight excluding hydrogens is 228 g/mol. The van der Waals surface area contributed by atoms with Gasteiger partial charge in [-0.1, -0.05) is 12.1 Å². The summed E-state index contributed by atoms with van der Waals surface area (Å²) in [6.07, 6.45) is 2.30. The van der Waals surface area contributed by atoms with E-state index in [1.165, 1.54) is 12.8 Å². The Hall–Kier alpha value is -1.68. The van der Waals surface area contributed by atoms with Crippen molar-refractivity contribution in [3.63, 3.8) is 0 Å². The van der Waals surface area contributed by atoms with Gasteiger partial charge in [0.05, 0.1) is 17.4 Å². The van der Waals surface area contributed by atoms with E-state index in [4.69, 9.17) is 0 Å². The molecule has 3 rings (SSSR count). The first-order valence-corrected chi connectivity index (χ1v) is 6.41. The lowest BCUT2D eigenvalue weighted by Gasteiger charge is -2.32. The van der Waals surface area contributed by atoms with E-state index in [0.29, 0.717) is 5.56 Å². The highest BCUT2D eigenvalue weighted by Gasteiger charge is 2.40. The molecule has 1 fully saturated rings. The molecule has 18 heavy (non-hydrogen) atoms. The topological polar surface area (TPSA) is 40.6 Å². The van der Waals surface area contributed by atoms with Crippen LogP contribution in [0.25, 0.3) is 0 Å². The highest BCUT2D eigenvalue weighted by Crippen LogP contribution is 2.31. The monoisotopic (exact) mass is 244 g/mol. The average molecular weight is 244 g/mol. The number of anilines is 1. The van der Waals surface area contributed by atoms with Gasteiger partial charge in [0.2, 0.25) is 0 Å². The molecule has 2 aliphatic heterocycles. The van der Waals surface area contributed by atoms with Crippen LogP contribution in [0.5, 0.6) is 0 Å². The van der Waals surface area contributed by atoms with Crippen molar-refractivity contribution in [2.45, 2.75) is 25.9 Å². The minimum absolute atomic E-state index is 0.0346. The van der Waals surface area contributed by atoms with Crippen molar-refractivity contribution < 1.29 is 9.59 Å². The zero-order chi connectivity index (χ0) is 12.7. The Morgan fingerprint density at radius 1 is 1.11 bits per heavy atom. The third kappa shape index (κ3) is 1.56. The van der Waals surface area contributed by atoms with Gasteiger partial charge in [0.15, 0.2) is 0 Å². The van der Waals surface area contributed by atoms with E-state index in [1.54, 1.807) is 17.0 Å². The van der Waals surface area contributed by atoms with E-state index in [0.717, 1.165) is 18.8 Å². The minimum Gasteiger partial charge on any atom is -0.289 e. The van der Waals surface area contributed by atoms with Crippen molar-refractivity contribution in [3.8, 4) is 0 Å². The summed E-state index contributed by atoms with van der Waals surface area (Å²) in [6.45, 7) is 4.00. The molecule has 0 aliphatic carbocycles. The summed E-state index contributed by atoms with van der Waals surface area (Å²) in [5.74, 6) is -0.771. The number of carbonyl (C=O) groups is 2. The van der Waals surface area contributed by atoms with Crippen molar-refractivity contribution in [2.24, 2.45) is 0 Å². The SMILES string of the molecule is CC(N1CCCC1)N1C(=O)C(=O)c2ccccc21. The number of nitrogens with zero attached hydrogens (tertiary/aromatic N) is 2. The third-order valence-electron chi connectivity index (χ3n) is 3.86. The Labute approximate surface area is 106 Å². The zero-order valence-corrected chi connectivity index (χ0v) is 10.4. The van der Waals surface area contributed by atoms with Crippen LogP contribution in [0.15, 0.2) is 24.3 Å². The molecule has 0 saturated carbocycles. The first-order chi connectivity index (χ1) is 8.70. The summed E-state index contributed by atoms with van der Waals surface area (Å²) in [5.41, 5.74) is 1.29. The Balaban J connectivity index is 1.97. The lowest BCUT2D eigenvalue weighted by molar-refractivity contribution is -0.115. The fourth-order valence-corrected chi connectivity index (χ4v) is 2.86. The van der Waals surface area contributed by atoms with E-state index in [9.17, 15) is 9.59 Å². The van der Waals surface area contributed by atoms with E-state index in [1.807, 2.05) is 19.1 Å². The number of benzene rings is 1. The molecule has 2 heterocycles. The number of fused-ring (bicyclic) bond motifs is 1. The van der Waals surface area contributed by atoms with Gasteiger partial charge in [0.1, 0.15) is 0 Å². The van der Waals surface area contributed by atoms with E-state index in [-0.39, 0.29) is 11.9 Å². The lowest BCUT2D eigenvalue weighted by atomic mass is 10.1. The largest absolute Gasteiger partial charge is 0.300 e. The van der Waals surface area contributed by atoms with Crippen molar-refractivity contribution >= 4 is 17.4 Å². The number of para-hydroxylation sites is 1. The molecule has 1 atom stereocenters. The second kappa shape index (κ2) is 4.21. The van der Waals surface area contributed by atoms with Crippen LogP contribution < -0.4 is 4.90 Å². The number of amides is 1. The maximum atomic E-state index is 12.1. The van der Waals surface area contributed by atoms with Crippen LogP contribution in [-0.4, -0.2) is 35.8 Å². The summed E-state index contributed by atoms with van der Waals surface area (Å²) in [6, 6.07) is 7.25. The van der Waals surface area contributed by atoms with E-state index in [2.05, 4.69) is 4.90 Å². The van der Waals surface area contributed by atoms with Gasteiger partial charge in [0, 0.05) is 13.1 Å². The quantitative estimate of drug-likeness (QED) is 0.743. The molecule has 4 heteroatoms. The van der Waals surface area contributed by atoms with Crippen molar-refractivity contribution in [1.82, 2.24) is 4.90 Å². The molecule has 1 saturated heterocycles. The Kier molecular flexibility index (Phi) is 2.67. The summed E-state index contributed by atoms with van der Waals surface area (Å²) < 4.78 is 0. The minimum atomic E-state index is -0.393. The average Bonchev–Trinajstić information content (AvgIpc) is 2.99. The van der Waals surface area contributed by atoms with Crippen molar-refractivity contribution in [3.05, 3.63) is 29.8 Å². The van der Waals surface area contributed by atoms with Gasteiger partial charge in [-0.2, -0.15) is 0 Å². The standard InChI is InChI=1S/C14H16N2O2/c1-10(15-8-4-5-9-15)16-12-7-3-2-6-11(12)13(17)14(16)18/h2-3,6-7,10H,4-5,8-9H2,1H3. The van der Waals surface area contributed by atoms with Crippen LogP contribution >= 0.6 is 0 Å². The number of carbonyl (C=O) groups excluding carboxylic acids is 2. The zero-order valence-electron chi connectivity index (χ0n) is 10.4. The Morgan fingerprint density at radius 2 is 1.78 bits per heavy atom. The first kappa shape index (κ1) is 11.4. The fourth-order valence-electron chi connectivity index (χ4n) is 2.86. The fraction of sp³-hybridized carbons (Fsp3) is 0.429. The van der Waals surface area contributed by atoms with Crippen LogP contribution in [0.2, 0.25) is 0 Å². The predicted molar refractivity (Wildman–Crippen MR) is 68.5 cm³/mol. The number of hydrogen-bond acceptors (Lipinski definition) is 3. The lowest BCUT2D eigenvalue weighted by Crippen LogP contribution is -2.47. The molecule has 0 aromatic heterocycles. The number of ketones is 1. The Morgan fingerprint density at radius 3 is 2.50 bits per heavy atom. The molecule has 0 N–H and O–H groups in total. The normalized spacial score (nSPS) is 21.5. The summed E-state index contributed by atoms with van der Waals surface area (Å²) in [5, 5.41) is 0. The molecule has 0 spiro atoms. The van der Waals surface area contributed by atoms with Crippen LogP contribution in [0, 0.1) is 0 Å². The number of likely N-dealkylation sites (tertiary alicyclic amines) is 1. The first-order valence-electron chi connectivity index (χ1n) is 6.41. The maximum Gasteiger partial charge on any atom is 0.300 e. The van der Waals surface area contributed by atoms with Crippen LogP contribution in [0.3, 0.4) is 0 Å². The summed E-state index contributed by atoms with van der Waals surface area (Å²) in [4.78, 5) is 27.9. The van der Waals surface area contributed by atoms with Gasteiger partial charge in [-0.3, -0.25) is 19.4 Å². The van der Waals surface area contributed by atoms with Crippen molar-refractivity contribution in [2.75, 3.05) is 18.0 Å². The number of Topliss-reactive ketones (excluding diaryl/α,β-unsaturated/α-hetero) is 1. The number of rotatable bonds is 2. The van der Waals surface area contributed by atoms with E-state index >= 15 is 0 Å². The molecule has 0 bridgehead atoms. The molecule has 1 aromatic carbocycles. The maximum absolute atomic E-state index is 12.1. The smallest absolute Gasteiger partial charge is 0.289 e. The molecule has 1 aromatic rings. The summed E-state index contributed by atoms with van der Waals surface area (Å²) >= 11 is 0. The van der Waals surface area contributed by atoms with E-state index < -0.39 is 5.91 Å². The Bertz CT molecular complexity index is 506. The molecule has 2 aliphatic rings. The number of hydrogen-bond donors (Lipinski definition) is 0. The third-order valence-corrected chi connectivity index (χ3v) is 3.86. The van der Waals surface area contributed by atoms with Gasteiger partial charge in [-0.05, 0) is 31.9 Å². The molecule has 1 amide bonds. The van der Waals surface area contributed by atoms with Crippen LogP contribution in [0.1, 0.15) is 30.1 Å². The summed E-state index contributed by atoms with van der Waals surface area (Å²) in [7, 11) is 0. The molecule has 94 valence electrons.